The molecular weight excluding hydrogens is 280 g/mol. The van der Waals surface area contributed by atoms with Gasteiger partial charge in [0, 0.05) is 29.7 Å². The van der Waals surface area contributed by atoms with Gasteiger partial charge in [-0.2, -0.15) is 0 Å². The molecule has 4 heteroatoms. The van der Waals surface area contributed by atoms with Crippen LogP contribution in [0.5, 0.6) is 0 Å². The van der Waals surface area contributed by atoms with Crippen LogP contribution in [0.2, 0.25) is 0 Å². The molecule has 1 saturated heterocycles. The van der Waals surface area contributed by atoms with E-state index in [1.165, 1.54) is 0 Å². The van der Waals surface area contributed by atoms with Crippen molar-refractivity contribution in [3.05, 3.63) is 40.2 Å². The largest absolute Gasteiger partial charge is 0.383 e. The van der Waals surface area contributed by atoms with Crippen molar-refractivity contribution < 1.29 is 4.79 Å². The van der Waals surface area contributed by atoms with Gasteiger partial charge in [0.2, 0.25) is 0 Å². The van der Waals surface area contributed by atoms with Crippen molar-refractivity contribution in [2.45, 2.75) is 39.7 Å². The Kier molecular flexibility index (Phi) is 5.23. The van der Waals surface area contributed by atoms with Gasteiger partial charge < -0.3 is 10.2 Å². The van der Waals surface area contributed by atoms with Crippen LogP contribution in [-0.2, 0) is 0 Å². The highest BCUT2D eigenvalue weighted by molar-refractivity contribution is 7.15. The van der Waals surface area contributed by atoms with Crippen LogP contribution in [0.3, 0.4) is 0 Å². The summed E-state index contributed by atoms with van der Waals surface area (Å²) in [5.74, 6) is 0.177. The minimum Gasteiger partial charge on any atom is -0.383 e. The Hall–Kier alpha value is -1.55. The third kappa shape index (κ3) is 4.21. The second kappa shape index (κ2) is 6.94. The summed E-state index contributed by atoms with van der Waals surface area (Å²) in [6, 6.07) is 4.34. The van der Waals surface area contributed by atoms with Crippen LogP contribution in [0.1, 0.15) is 48.2 Å². The molecule has 0 saturated carbocycles. The number of carbonyl (C=O) groups is 1. The van der Waals surface area contributed by atoms with E-state index in [4.69, 9.17) is 0 Å². The van der Waals surface area contributed by atoms with E-state index in [0.29, 0.717) is 6.04 Å². The van der Waals surface area contributed by atoms with Gasteiger partial charge in [-0.1, -0.05) is 6.58 Å². The Balaban J connectivity index is 2.06. The van der Waals surface area contributed by atoms with Gasteiger partial charge in [0.05, 0.1) is 4.88 Å². The van der Waals surface area contributed by atoms with Crippen molar-refractivity contribution in [3.63, 3.8) is 0 Å². The molecule has 1 fully saturated rings. The van der Waals surface area contributed by atoms with Crippen molar-refractivity contribution in [1.29, 1.82) is 0 Å². The average Bonchev–Trinajstić information content (AvgIpc) is 3.08. The van der Waals surface area contributed by atoms with Gasteiger partial charge in [-0.3, -0.25) is 4.79 Å². The van der Waals surface area contributed by atoms with E-state index in [9.17, 15) is 4.79 Å². The highest BCUT2D eigenvalue weighted by atomic mass is 32.1. The predicted octanol–water partition coefficient (Wildman–Crippen LogP) is 3.90. The predicted molar refractivity (Wildman–Crippen MR) is 90.5 cm³/mol. The molecule has 0 aromatic carbocycles. The summed E-state index contributed by atoms with van der Waals surface area (Å²) in [4.78, 5) is 16.3. The summed E-state index contributed by atoms with van der Waals surface area (Å²) in [6.45, 7) is 12.0. The molecule has 1 aromatic rings. The number of hydrogen-bond acceptors (Lipinski definition) is 3. The lowest BCUT2D eigenvalue weighted by atomic mass is 10.2. The Bertz CT molecular complexity index is 551. The minimum atomic E-state index is 0.177. The Morgan fingerprint density at radius 1 is 1.33 bits per heavy atom. The maximum absolute atomic E-state index is 12.3. The lowest BCUT2D eigenvalue weighted by Gasteiger charge is -2.13. The van der Waals surface area contributed by atoms with Crippen LogP contribution in [0.25, 0.3) is 5.57 Å². The highest BCUT2D eigenvalue weighted by Crippen LogP contribution is 2.26. The molecule has 0 bridgehead atoms. The van der Waals surface area contributed by atoms with Gasteiger partial charge in [0.25, 0.3) is 5.91 Å². The van der Waals surface area contributed by atoms with E-state index in [1.807, 2.05) is 23.1 Å². The van der Waals surface area contributed by atoms with Crippen LogP contribution >= 0.6 is 11.3 Å². The number of allylic oxidation sites excluding steroid dienone is 2. The minimum absolute atomic E-state index is 0.177. The maximum Gasteiger partial charge on any atom is 0.263 e. The maximum atomic E-state index is 12.3. The van der Waals surface area contributed by atoms with Gasteiger partial charge in [0.1, 0.15) is 0 Å². The first kappa shape index (κ1) is 15.8. The molecule has 1 aromatic heterocycles. The fourth-order valence-electron chi connectivity index (χ4n) is 2.49. The number of carbonyl (C=O) groups excluding carboxylic acids is 1. The SMILES string of the molecule is C=C(/C=C(\C)c1ccc(C(=O)N2CCCC2)s1)NC(C)C. The van der Waals surface area contributed by atoms with Crippen molar-refractivity contribution in [2.24, 2.45) is 0 Å². The van der Waals surface area contributed by atoms with E-state index in [1.54, 1.807) is 11.3 Å². The first-order valence-electron chi connectivity index (χ1n) is 7.50. The van der Waals surface area contributed by atoms with Gasteiger partial charge in [0.15, 0.2) is 0 Å². The molecule has 2 heterocycles. The second-order valence-corrected chi connectivity index (χ2v) is 6.90. The molecule has 1 aliphatic heterocycles. The van der Waals surface area contributed by atoms with Crippen LogP contribution in [0.4, 0.5) is 0 Å². The molecule has 2 rings (SSSR count). The summed E-state index contributed by atoms with van der Waals surface area (Å²) < 4.78 is 0. The first-order chi connectivity index (χ1) is 9.97. The lowest BCUT2D eigenvalue weighted by Crippen LogP contribution is -2.26. The normalized spacial score (nSPS) is 15.6. The fraction of sp³-hybridized carbons (Fsp3) is 0.471. The number of thiophene rings is 1. The molecule has 0 atom stereocenters. The molecule has 0 unspecified atom stereocenters. The molecule has 1 aliphatic rings. The van der Waals surface area contributed by atoms with Gasteiger partial charge in [-0.15, -0.1) is 11.3 Å². The molecule has 114 valence electrons. The zero-order valence-electron chi connectivity index (χ0n) is 13.1. The van der Waals surface area contributed by atoms with E-state index in [-0.39, 0.29) is 5.91 Å². The number of likely N-dealkylation sites (tertiary alicyclic amines) is 1. The van der Waals surface area contributed by atoms with E-state index < -0.39 is 0 Å². The van der Waals surface area contributed by atoms with Crippen LogP contribution < -0.4 is 5.32 Å². The molecule has 0 aliphatic carbocycles. The van der Waals surface area contributed by atoms with Crippen molar-refractivity contribution in [3.8, 4) is 0 Å². The van der Waals surface area contributed by atoms with Crippen LogP contribution in [-0.4, -0.2) is 29.9 Å². The van der Waals surface area contributed by atoms with Gasteiger partial charge in [-0.05, 0) is 57.4 Å². The lowest BCUT2D eigenvalue weighted by molar-refractivity contribution is 0.0797. The van der Waals surface area contributed by atoms with Crippen LogP contribution in [0.15, 0.2) is 30.5 Å². The standard InChI is InChI=1S/C17H24N2OS/c1-12(2)18-14(4)11-13(3)15-7-8-16(21-15)17(20)19-9-5-6-10-19/h7-8,11-12,18H,4-6,9-10H2,1-3H3/b13-11+. The Labute approximate surface area is 131 Å². The Morgan fingerprint density at radius 3 is 2.57 bits per heavy atom. The van der Waals surface area contributed by atoms with Crippen molar-refractivity contribution >= 4 is 22.8 Å². The van der Waals surface area contributed by atoms with Gasteiger partial charge in [-0.25, -0.2) is 0 Å². The molecule has 1 amide bonds. The molecule has 21 heavy (non-hydrogen) atoms. The topological polar surface area (TPSA) is 32.3 Å². The van der Waals surface area contributed by atoms with E-state index >= 15 is 0 Å². The number of nitrogens with one attached hydrogen (secondary N) is 1. The van der Waals surface area contributed by atoms with Crippen molar-refractivity contribution in [1.82, 2.24) is 10.2 Å². The quantitative estimate of drug-likeness (QED) is 0.837. The smallest absolute Gasteiger partial charge is 0.263 e. The van der Waals surface area contributed by atoms with E-state index in [0.717, 1.165) is 47.0 Å². The summed E-state index contributed by atoms with van der Waals surface area (Å²) in [5.41, 5.74) is 2.04. The Morgan fingerprint density at radius 2 is 1.95 bits per heavy atom. The number of hydrogen-bond donors (Lipinski definition) is 1. The summed E-state index contributed by atoms with van der Waals surface area (Å²) in [5, 5.41) is 3.28. The highest BCUT2D eigenvalue weighted by Gasteiger charge is 2.20. The van der Waals surface area contributed by atoms with Gasteiger partial charge >= 0.3 is 0 Å². The molecule has 3 nitrogen and oxygen atoms in total. The van der Waals surface area contributed by atoms with Crippen molar-refractivity contribution in [2.75, 3.05) is 13.1 Å². The average molecular weight is 304 g/mol. The number of nitrogens with zero attached hydrogens (tertiary/aromatic N) is 1. The number of amides is 1. The summed E-state index contributed by atoms with van der Waals surface area (Å²) >= 11 is 1.57. The monoisotopic (exact) mass is 304 g/mol. The number of rotatable bonds is 5. The molecular formula is C17H24N2OS. The summed E-state index contributed by atoms with van der Waals surface area (Å²) in [6.07, 6.45) is 4.29. The molecule has 0 radical (unpaired) electrons. The zero-order chi connectivity index (χ0) is 15.4. The summed E-state index contributed by atoms with van der Waals surface area (Å²) in [7, 11) is 0. The first-order valence-corrected chi connectivity index (χ1v) is 8.32. The second-order valence-electron chi connectivity index (χ2n) is 5.81. The van der Waals surface area contributed by atoms with Crippen LogP contribution in [0, 0.1) is 0 Å². The molecule has 1 N–H and O–H groups in total. The third-order valence-corrected chi connectivity index (χ3v) is 4.67. The molecule has 0 spiro atoms. The third-order valence-electron chi connectivity index (χ3n) is 3.46. The van der Waals surface area contributed by atoms with E-state index in [2.05, 4.69) is 32.7 Å². The fourth-order valence-corrected chi connectivity index (χ4v) is 3.43. The zero-order valence-corrected chi connectivity index (χ0v) is 13.9.